The molecule has 0 aliphatic carbocycles. The van der Waals surface area contributed by atoms with Gasteiger partial charge in [0.1, 0.15) is 13.2 Å². The highest BCUT2D eigenvalue weighted by Gasteiger charge is 2.22. The molecule has 1 aliphatic rings. The number of ketones is 1. The largest absolute Gasteiger partial charge is 0.486 e. The van der Waals surface area contributed by atoms with E-state index in [9.17, 15) is 9.59 Å². The number of ether oxygens (including phenoxy) is 2. The second kappa shape index (κ2) is 10.0. The molecule has 0 unspecified atom stereocenters. The van der Waals surface area contributed by atoms with Crippen molar-refractivity contribution in [2.45, 2.75) is 33.6 Å². The molecule has 170 valence electrons. The summed E-state index contributed by atoms with van der Waals surface area (Å²) in [5.74, 6) is 0.973. The van der Waals surface area contributed by atoms with Gasteiger partial charge in [0.15, 0.2) is 22.4 Å². The first-order chi connectivity index (χ1) is 16.0. The maximum Gasteiger partial charge on any atom is 0.230 e. The molecular weight excluding hydrogens is 436 g/mol. The lowest BCUT2D eigenvalue weighted by molar-refractivity contribution is -0.115. The molecule has 7 heteroatoms. The second-order valence-electron chi connectivity index (χ2n) is 7.60. The second-order valence-corrected chi connectivity index (χ2v) is 8.43. The van der Waals surface area contributed by atoms with Crippen LogP contribution in [-0.4, -0.2) is 29.9 Å². The van der Waals surface area contributed by atoms with Crippen molar-refractivity contribution in [3.8, 4) is 11.5 Å². The fraction of sp³-hybridized carbons (Fsp3) is 0.269. The molecule has 0 radical (unpaired) electrons. The zero-order valence-corrected chi connectivity index (χ0v) is 19.8. The van der Waals surface area contributed by atoms with Gasteiger partial charge in [0.25, 0.3) is 0 Å². The fourth-order valence-corrected chi connectivity index (χ4v) is 4.64. The van der Waals surface area contributed by atoms with Crippen molar-refractivity contribution in [2.75, 3.05) is 18.1 Å². The lowest BCUT2D eigenvalue weighted by atomic mass is 10.0. The Bertz CT molecular complexity index is 1190. The number of thiazole rings is 1. The molecule has 0 saturated carbocycles. The molecule has 4 rings (SSSR count). The molecule has 0 atom stereocenters. The number of nitrogens with zero attached hydrogens (tertiary/aromatic N) is 2. The van der Waals surface area contributed by atoms with Gasteiger partial charge in [-0.2, -0.15) is 0 Å². The van der Waals surface area contributed by atoms with E-state index in [1.54, 1.807) is 36.1 Å². The molecule has 0 bridgehead atoms. The maximum atomic E-state index is 12.7. The van der Waals surface area contributed by atoms with Crippen LogP contribution in [0, 0.1) is 0 Å². The predicted molar refractivity (Wildman–Crippen MR) is 131 cm³/mol. The van der Waals surface area contributed by atoms with E-state index in [4.69, 9.17) is 9.47 Å². The SMILES string of the molecule is CCc1cccc(CC)c1N(C(C)=O)c1nc(/C=C/C(=O)c2ccc3c(c2)OCCO3)cs1. The standard InChI is InChI=1S/C26H26N2O4S/c1-4-18-7-6-8-19(5-2)25(18)28(17(3)29)26-27-21(16-33-26)10-11-22(30)20-9-12-23-24(15-20)32-14-13-31-23/h6-12,15-16H,4-5,13-14H2,1-3H3/b11-10+. The highest BCUT2D eigenvalue weighted by Crippen LogP contribution is 2.35. The van der Waals surface area contributed by atoms with Crippen molar-refractivity contribution < 1.29 is 19.1 Å². The van der Waals surface area contributed by atoms with Crippen LogP contribution in [0.4, 0.5) is 10.8 Å². The van der Waals surface area contributed by atoms with Crippen molar-refractivity contribution >= 4 is 39.9 Å². The van der Waals surface area contributed by atoms with Crippen LogP contribution in [0.1, 0.15) is 48.0 Å². The Labute approximate surface area is 197 Å². The van der Waals surface area contributed by atoms with Gasteiger partial charge in [0.05, 0.1) is 11.4 Å². The van der Waals surface area contributed by atoms with Gasteiger partial charge in [-0.25, -0.2) is 4.98 Å². The highest BCUT2D eigenvalue weighted by molar-refractivity contribution is 7.14. The molecule has 33 heavy (non-hydrogen) atoms. The number of hydrogen-bond donors (Lipinski definition) is 0. The van der Waals surface area contributed by atoms with E-state index in [1.165, 1.54) is 17.4 Å². The molecule has 0 fully saturated rings. The van der Waals surface area contributed by atoms with Crippen LogP contribution in [0.25, 0.3) is 6.08 Å². The van der Waals surface area contributed by atoms with E-state index in [-0.39, 0.29) is 11.7 Å². The first-order valence-corrected chi connectivity index (χ1v) is 11.9. The molecular formula is C26H26N2O4S. The number of para-hydroxylation sites is 1. The number of aromatic nitrogens is 1. The van der Waals surface area contributed by atoms with E-state index in [0.29, 0.717) is 41.1 Å². The van der Waals surface area contributed by atoms with Gasteiger partial charge in [-0.3, -0.25) is 14.5 Å². The number of anilines is 2. The van der Waals surface area contributed by atoms with Crippen LogP contribution >= 0.6 is 11.3 Å². The number of allylic oxidation sites excluding steroid dienone is 1. The Hall–Kier alpha value is -3.45. The number of benzene rings is 2. The molecule has 3 aromatic rings. The average molecular weight is 463 g/mol. The van der Waals surface area contributed by atoms with E-state index in [1.807, 2.05) is 23.6 Å². The fourth-order valence-electron chi connectivity index (χ4n) is 3.80. The number of carbonyl (C=O) groups excluding carboxylic acids is 2. The summed E-state index contributed by atoms with van der Waals surface area (Å²) in [6.07, 6.45) is 4.79. The zero-order chi connectivity index (χ0) is 23.4. The Morgan fingerprint density at radius 2 is 1.76 bits per heavy atom. The van der Waals surface area contributed by atoms with Crippen LogP contribution in [0.2, 0.25) is 0 Å². The molecule has 6 nitrogen and oxygen atoms in total. The van der Waals surface area contributed by atoms with Crippen LogP contribution in [0.15, 0.2) is 47.9 Å². The number of carbonyl (C=O) groups is 2. The van der Waals surface area contributed by atoms with Gasteiger partial charge in [0.2, 0.25) is 5.91 Å². The van der Waals surface area contributed by atoms with E-state index in [0.717, 1.165) is 29.7 Å². The summed E-state index contributed by atoms with van der Waals surface area (Å²) in [7, 11) is 0. The molecule has 2 heterocycles. The summed E-state index contributed by atoms with van der Waals surface area (Å²) in [6, 6.07) is 11.3. The summed E-state index contributed by atoms with van der Waals surface area (Å²) < 4.78 is 11.1. The predicted octanol–water partition coefficient (Wildman–Crippen LogP) is 5.62. The number of rotatable bonds is 7. The average Bonchev–Trinajstić information content (AvgIpc) is 3.30. The Morgan fingerprint density at radius 3 is 2.42 bits per heavy atom. The minimum atomic E-state index is -0.158. The molecule has 1 amide bonds. The molecule has 2 aromatic carbocycles. The third-order valence-corrected chi connectivity index (χ3v) is 6.28. The van der Waals surface area contributed by atoms with Gasteiger partial charge in [-0.05, 0) is 54.3 Å². The van der Waals surface area contributed by atoms with Gasteiger partial charge >= 0.3 is 0 Å². The third-order valence-electron chi connectivity index (χ3n) is 5.44. The van der Waals surface area contributed by atoms with Crippen LogP contribution in [0.5, 0.6) is 11.5 Å². The van der Waals surface area contributed by atoms with E-state index < -0.39 is 0 Å². The van der Waals surface area contributed by atoms with Crippen molar-refractivity contribution in [2.24, 2.45) is 0 Å². The topological polar surface area (TPSA) is 68.7 Å². The maximum absolute atomic E-state index is 12.7. The zero-order valence-electron chi connectivity index (χ0n) is 19.0. The molecule has 1 aromatic heterocycles. The monoisotopic (exact) mass is 462 g/mol. The number of fused-ring (bicyclic) bond motifs is 1. The highest BCUT2D eigenvalue weighted by atomic mass is 32.1. The normalized spacial score (nSPS) is 12.7. The number of hydrogen-bond acceptors (Lipinski definition) is 6. The van der Waals surface area contributed by atoms with E-state index >= 15 is 0 Å². The molecule has 0 spiro atoms. The van der Waals surface area contributed by atoms with Crippen LogP contribution in [-0.2, 0) is 17.6 Å². The Morgan fingerprint density at radius 1 is 1.06 bits per heavy atom. The molecule has 0 N–H and O–H groups in total. The number of amides is 1. The van der Waals surface area contributed by atoms with Gasteiger partial charge in [-0.1, -0.05) is 32.0 Å². The van der Waals surface area contributed by atoms with Crippen LogP contribution < -0.4 is 14.4 Å². The Balaban J connectivity index is 1.59. The summed E-state index contributed by atoms with van der Waals surface area (Å²) >= 11 is 1.38. The van der Waals surface area contributed by atoms with Crippen molar-refractivity contribution in [3.63, 3.8) is 0 Å². The Kier molecular flexibility index (Phi) is 6.89. The van der Waals surface area contributed by atoms with Crippen molar-refractivity contribution in [3.05, 3.63) is 70.2 Å². The van der Waals surface area contributed by atoms with Gasteiger partial charge < -0.3 is 9.47 Å². The first kappa shape index (κ1) is 22.7. The summed E-state index contributed by atoms with van der Waals surface area (Å²) in [4.78, 5) is 31.6. The lowest BCUT2D eigenvalue weighted by Crippen LogP contribution is -2.25. The molecule has 0 saturated heterocycles. The van der Waals surface area contributed by atoms with E-state index in [2.05, 4.69) is 18.8 Å². The minimum Gasteiger partial charge on any atom is -0.486 e. The van der Waals surface area contributed by atoms with Crippen LogP contribution in [0.3, 0.4) is 0 Å². The summed E-state index contributed by atoms with van der Waals surface area (Å²) in [5, 5.41) is 2.43. The van der Waals surface area contributed by atoms with Gasteiger partial charge in [0, 0.05) is 17.9 Å². The van der Waals surface area contributed by atoms with Crippen molar-refractivity contribution in [1.29, 1.82) is 0 Å². The number of aryl methyl sites for hydroxylation is 2. The lowest BCUT2D eigenvalue weighted by Gasteiger charge is -2.24. The summed E-state index contributed by atoms with van der Waals surface area (Å²) in [5.41, 5.74) is 4.25. The molecule has 1 aliphatic heterocycles. The van der Waals surface area contributed by atoms with Gasteiger partial charge in [-0.15, -0.1) is 11.3 Å². The summed E-state index contributed by atoms with van der Waals surface area (Å²) in [6.45, 7) is 6.68. The third kappa shape index (κ3) is 4.83. The quantitative estimate of drug-likeness (QED) is 0.337. The minimum absolute atomic E-state index is 0.0946. The smallest absolute Gasteiger partial charge is 0.230 e. The first-order valence-electron chi connectivity index (χ1n) is 11.0. The van der Waals surface area contributed by atoms with Crippen molar-refractivity contribution in [1.82, 2.24) is 4.98 Å².